The molecule has 1 saturated carbocycles. The van der Waals surface area contributed by atoms with Crippen LogP contribution in [0.5, 0.6) is 0 Å². The van der Waals surface area contributed by atoms with Crippen molar-refractivity contribution >= 4 is 0 Å². The Bertz CT molecular complexity index is 59.9. The summed E-state index contributed by atoms with van der Waals surface area (Å²) in [6.45, 7) is 0. The fourth-order valence-corrected chi connectivity index (χ4v) is 1.21. The van der Waals surface area contributed by atoms with Crippen LogP contribution in [-0.2, 0) is 0 Å². The van der Waals surface area contributed by atoms with Crippen LogP contribution >= 0.6 is 0 Å². The van der Waals surface area contributed by atoms with Crippen molar-refractivity contribution in [3.8, 4) is 0 Å². The fraction of sp³-hybridized carbons (Fsp3) is 0.857. The summed E-state index contributed by atoms with van der Waals surface area (Å²) in [5.74, 6) is 0. The van der Waals surface area contributed by atoms with Gasteiger partial charge in [0, 0.05) is 0 Å². The molecule has 2 heteroatoms. The molecule has 0 saturated heterocycles. The molecule has 0 aliphatic heterocycles. The molecule has 1 atom stereocenters. The summed E-state index contributed by atoms with van der Waals surface area (Å²) < 4.78 is 0. The first kappa shape index (κ1) is 9.96. The normalized spacial score (nSPS) is 27.0. The van der Waals surface area contributed by atoms with Gasteiger partial charge in [-0.1, -0.05) is 19.3 Å². The quantitative estimate of drug-likeness (QED) is 0.336. The van der Waals surface area contributed by atoms with Crippen molar-refractivity contribution in [2.75, 3.05) is 7.05 Å². The molecule has 1 nitrogen and oxygen atoms in total. The monoisotopic (exact) mass is 135 g/mol. The summed E-state index contributed by atoms with van der Waals surface area (Å²) in [6, 6.07) is 0.712. The van der Waals surface area contributed by atoms with Crippen LogP contribution in [0.3, 0.4) is 0 Å². The van der Waals surface area contributed by atoms with Crippen molar-refractivity contribution in [3.05, 3.63) is 6.42 Å². The van der Waals surface area contributed by atoms with Crippen LogP contribution < -0.4 is 34.9 Å². The van der Waals surface area contributed by atoms with Gasteiger partial charge in [0.1, 0.15) is 0 Å². The van der Waals surface area contributed by atoms with Crippen molar-refractivity contribution < 1.29 is 29.6 Å². The fourth-order valence-electron chi connectivity index (χ4n) is 1.21. The minimum absolute atomic E-state index is 0. The largest absolute Gasteiger partial charge is 1.00 e. The van der Waals surface area contributed by atoms with Crippen LogP contribution in [0, 0.1) is 6.42 Å². The Labute approximate surface area is 79.9 Å². The summed E-state index contributed by atoms with van der Waals surface area (Å²) in [4.78, 5) is 0. The molecule has 0 heterocycles. The van der Waals surface area contributed by atoms with Crippen molar-refractivity contribution in [3.63, 3.8) is 0 Å². The van der Waals surface area contributed by atoms with Crippen molar-refractivity contribution in [1.82, 2.24) is 5.32 Å². The molecule has 1 fully saturated rings. The zero-order valence-corrected chi connectivity index (χ0v) is 8.48. The predicted molar refractivity (Wildman–Crippen MR) is 35.6 cm³/mol. The molecule has 1 aliphatic rings. The minimum atomic E-state index is 0. The third-order valence-corrected chi connectivity index (χ3v) is 1.79. The molecule has 1 aliphatic carbocycles. The first-order chi connectivity index (χ1) is 3.93. The van der Waals surface area contributed by atoms with Gasteiger partial charge in [-0.15, -0.1) is 6.04 Å². The smallest absolute Gasteiger partial charge is 0.346 e. The standard InChI is InChI=1S/C7H14N.Na/c1-8-7-5-3-2-4-6-7;/h5,7-8H,2-4,6H2,1H3;/q-1;+1. The molecule has 0 aromatic heterocycles. The molecule has 0 spiro atoms. The molecule has 0 aromatic rings. The van der Waals surface area contributed by atoms with Crippen LogP contribution in [0.2, 0.25) is 0 Å². The Morgan fingerprint density at radius 3 is 2.56 bits per heavy atom. The Morgan fingerprint density at radius 1 is 1.44 bits per heavy atom. The second kappa shape index (κ2) is 5.72. The van der Waals surface area contributed by atoms with E-state index in [1.165, 1.54) is 25.7 Å². The molecule has 1 N–H and O–H groups in total. The average Bonchev–Trinajstić information content (AvgIpc) is 1.90. The molecule has 48 valence electrons. The van der Waals surface area contributed by atoms with E-state index in [4.69, 9.17) is 0 Å². The van der Waals surface area contributed by atoms with E-state index in [0.29, 0.717) is 6.04 Å². The zero-order valence-electron chi connectivity index (χ0n) is 6.48. The Balaban J connectivity index is 0.000000640. The van der Waals surface area contributed by atoms with Gasteiger partial charge in [0.25, 0.3) is 0 Å². The maximum Gasteiger partial charge on any atom is 1.00 e. The number of rotatable bonds is 1. The summed E-state index contributed by atoms with van der Waals surface area (Å²) in [6.07, 6.45) is 7.84. The van der Waals surface area contributed by atoms with E-state index >= 15 is 0 Å². The van der Waals surface area contributed by atoms with E-state index in [1.807, 2.05) is 7.05 Å². The molecular weight excluding hydrogens is 121 g/mol. The van der Waals surface area contributed by atoms with E-state index in [-0.39, 0.29) is 29.6 Å². The Hall–Kier alpha value is 0.960. The minimum Gasteiger partial charge on any atom is -0.346 e. The average molecular weight is 135 g/mol. The van der Waals surface area contributed by atoms with E-state index in [0.717, 1.165) is 0 Å². The molecule has 9 heavy (non-hydrogen) atoms. The molecule has 0 radical (unpaired) electrons. The molecular formula is C7H14NNa. The summed E-state index contributed by atoms with van der Waals surface area (Å²) >= 11 is 0. The van der Waals surface area contributed by atoms with Crippen molar-refractivity contribution in [2.45, 2.75) is 31.7 Å². The number of nitrogens with one attached hydrogen (secondary N) is 1. The van der Waals surface area contributed by atoms with Gasteiger partial charge in [-0.2, -0.15) is 6.42 Å². The van der Waals surface area contributed by atoms with Gasteiger partial charge in [0.2, 0.25) is 0 Å². The summed E-state index contributed by atoms with van der Waals surface area (Å²) in [7, 11) is 2.03. The second-order valence-electron chi connectivity index (χ2n) is 2.42. The van der Waals surface area contributed by atoms with Gasteiger partial charge in [0.05, 0.1) is 0 Å². The number of hydrogen-bond acceptors (Lipinski definition) is 1. The maximum absolute atomic E-state index is 3.25. The number of hydrogen-bond donors (Lipinski definition) is 1. The van der Waals surface area contributed by atoms with Gasteiger partial charge in [-0.25, -0.2) is 0 Å². The van der Waals surface area contributed by atoms with Crippen molar-refractivity contribution in [1.29, 1.82) is 0 Å². The van der Waals surface area contributed by atoms with Crippen LogP contribution in [-0.4, -0.2) is 13.1 Å². The van der Waals surface area contributed by atoms with E-state index in [2.05, 4.69) is 11.7 Å². The third-order valence-electron chi connectivity index (χ3n) is 1.79. The van der Waals surface area contributed by atoms with E-state index < -0.39 is 0 Å². The first-order valence-electron chi connectivity index (χ1n) is 3.44. The summed E-state index contributed by atoms with van der Waals surface area (Å²) in [5.41, 5.74) is 0. The molecule has 0 bridgehead atoms. The van der Waals surface area contributed by atoms with Gasteiger partial charge in [-0.05, 0) is 7.05 Å². The molecule has 1 rings (SSSR count). The van der Waals surface area contributed by atoms with Gasteiger partial charge < -0.3 is 11.7 Å². The Kier molecular flexibility index (Phi) is 6.33. The Morgan fingerprint density at radius 2 is 2.22 bits per heavy atom. The first-order valence-corrected chi connectivity index (χ1v) is 3.44. The maximum atomic E-state index is 3.25. The van der Waals surface area contributed by atoms with Crippen LogP contribution in [0.25, 0.3) is 0 Å². The second-order valence-corrected chi connectivity index (χ2v) is 2.42. The third kappa shape index (κ3) is 3.61. The van der Waals surface area contributed by atoms with Gasteiger partial charge in [-0.3, -0.25) is 0 Å². The SMILES string of the molecule is CNC1[CH-]CCCC1.[Na+]. The van der Waals surface area contributed by atoms with Gasteiger partial charge in [0.15, 0.2) is 0 Å². The van der Waals surface area contributed by atoms with Crippen molar-refractivity contribution in [2.24, 2.45) is 0 Å². The topological polar surface area (TPSA) is 12.0 Å². The van der Waals surface area contributed by atoms with E-state index in [9.17, 15) is 0 Å². The zero-order chi connectivity index (χ0) is 5.82. The molecule has 0 aromatic carbocycles. The molecule has 1 unspecified atom stereocenters. The van der Waals surface area contributed by atoms with E-state index in [1.54, 1.807) is 0 Å². The van der Waals surface area contributed by atoms with Gasteiger partial charge >= 0.3 is 29.6 Å². The van der Waals surface area contributed by atoms with Crippen LogP contribution in [0.1, 0.15) is 25.7 Å². The predicted octanol–water partition coefficient (Wildman–Crippen LogP) is -1.64. The van der Waals surface area contributed by atoms with Crippen LogP contribution in [0.4, 0.5) is 0 Å². The van der Waals surface area contributed by atoms with Crippen LogP contribution in [0.15, 0.2) is 0 Å². The summed E-state index contributed by atoms with van der Waals surface area (Å²) in [5, 5.41) is 3.25. The molecule has 0 amide bonds.